The molecule has 3 N–H and O–H groups in total. The Morgan fingerprint density at radius 1 is 1.65 bits per heavy atom. The van der Waals surface area contributed by atoms with Crippen LogP contribution in [0.25, 0.3) is 0 Å². The Morgan fingerprint density at radius 2 is 2.35 bits per heavy atom. The molecule has 6 nitrogen and oxygen atoms in total. The van der Waals surface area contributed by atoms with Crippen molar-refractivity contribution in [3.05, 3.63) is 17.8 Å². The van der Waals surface area contributed by atoms with Crippen molar-refractivity contribution in [1.29, 1.82) is 0 Å². The molecule has 1 amide bonds. The predicted octanol–water partition coefficient (Wildman–Crippen LogP) is 0.376. The van der Waals surface area contributed by atoms with Gasteiger partial charge in [0.25, 0.3) is 5.91 Å². The minimum atomic E-state index is -0.301. The number of amides is 1. The fourth-order valence-electron chi connectivity index (χ4n) is 1.29. The number of carbonyl (C=O) groups is 1. The van der Waals surface area contributed by atoms with Crippen LogP contribution in [0.1, 0.15) is 35.8 Å². The molecule has 1 heterocycles. The molecule has 1 unspecified atom stereocenters. The largest absolute Gasteiger partial charge is 0.446 e. The lowest BCUT2D eigenvalue weighted by molar-refractivity contribution is 0.0947. The van der Waals surface area contributed by atoms with E-state index in [0.717, 1.165) is 13.0 Å². The van der Waals surface area contributed by atoms with Crippen molar-refractivity contribution in [2.75, 3.05) is 27.2 Å². The van der Waals surface area contributed by atoms with Crippen molar-refractivity contribution in [3.63, 3.8) is 0 Å². The van der Waals surface area contributed by atoms with Crippen molar-refractivity contribution >= 4 is 5.91 Å². The Morgan fingerprint density at radius 3 is 2.88 bits per heavy atom. The third kappa shape index (κ3) is 4.54. The first kappa shape index (κ1) is 13.7. The second kappa shape index (κ2) is 6.36. The van der Waals surface area contributed by atoms with Crippen LogP contribution in [-0.2, 0) is 0 Å². The van der Waals surface area contributed by atoms with E-state index < -0.39 is 0 Å². The van der Waals surface area contributed by atoms with Gasteiger partial charge in [-0.2, -0.15) is 0 Å². The van der Waals surface area contributed by atoms with Crippen molar-refractivity contribution in [2.24, 2.45) is 5.73 Å². The smallest absolute Gasteiger partial charge is 0.273 e. The molecular formula is C11H20N4O2. The molecule has 1 aromatic rings. The van der Waals surface area contributed by atoms with Gasteiger partial charge in [-0.1, -0.05) is 0 Å². The van der Waals surface area contributed by atoms with E-state index in [9.17, 15) is 4.79 Å². The average Bonchev–Trinajstić information content (AvgIpc) is 2.73. The molecule has 1 rings (SSSR count). The van der Waals surface area contributed by atoms with E-state index in [-0.39, 0.29) is 17.6 Å². The van der Waals surface area contributed by atoms with Gasteiger partial charge in [0.15, 0.2) is 5.69 Å². The van der Waals surface area contributed by atoms with Gasteiger partial charge in [-0.3, -0.25) is 4.79 Å². The minimum Gasteiger partial charge on any atom is -0.446 e. The summed E-state index contributed by atoms with van der Waals surface area (Å²) in [6.45, 7) is 3.31. The molecule has 1 aromatic heterocycles. The molecule has 0 aliphatic rings. The summed E-state index contributed by atoms with van der Waals surface area (Å²) in [7, 11) is 3.99. The third-order valence-corrected chi connectivity index (χ3v) is 2.21. The zero-order valence-electron chi connectivity index (χ0n) is 10.6. The molecule has 0 aromatic carbocycles. The van der Waals surface area contributed by atoms with Gasteiger partial charge in [-0.05, 0) is 34.0 Å². The first-order valence-corrected chi connectivity index (χ1v) is 5.64. The summed E-state index contributed by atoms with van der Waals surface area (Å²) in [6, 6.07) is -0.301. The molecule has 0 saturated carbocycles. The van der Waals surface area contributed by atoms with Gasteiger partial charge in [0.1, 0.15) is 6.26 Å². The van der Waals surface area contributed by atoms with E-state index in [1.54, 1.807) is 6.92 Å². The Bertz CT molecular complexity index is 360. The fraction of sp³-hybridized carbons (Fsp3) is 0.636. The molecule has 0 radical (unpaired) electrons. The van der Waals surface area contributed by atoms with Crippen LogP contribution in [0, 0.1) is 0 Å². The zero-order valence-corrected chi connectivity index (χ0v) is 10.6. The predicted molar refractivity (Wildman–Crippen MR) is 64.6 cm³/mol. The molecule has 0 spiro atoms. The average molecular weight is 240 g/mol. The molecule has 0 aliphatic heterocycles. The number of hydrogen-bond donors (Lipinski definition) is 2. The molecule has 0 bridgehead atoms. The first-order valence-electron chi connectivity index (χ1n) is 5.64. The van der Waals surface area contributed by atoms with Crippen LogP contribution in [0.15, 0.2) is 10.7 Å². The minimum absolute atomic E-state index is 0.223. The Balaban J connectivity index is 2.36. The van der Waals surface area contributed by atoms with Gasteiger partial charge in [-0.25, -0.2) is 4.98 Å². The normalized spacial score (nSPS) is 12.8. The fourth-order valence-corrected chi connectivity index (χ4v) is 1.29. The van der Waals surface area contributed by atoms with Crippen LogP contribution in [0.3, 0.4) is 0 Å². The third-order valence-electron chi connectivity index (χ3n) is 2.21. The highest BCUT2D eigenvalue weighted by molar-refractivity contribution is 5.91. The number of hydrogen-bond acceptors (Lipinski definition) is 5. The van der Waals surface area contributed by atoms with Crippen molar-refractivity contribution in [3.8, 4) is 0 Å². The summed E-state index contributed by atoms with van der Waals surface area (Å²) in [5.74, 6) is 0.155. The van der Waals surface area contributed by atoms with E-state index in [0.29, 0.717) is 12.4 Å². The summed E-state index contributed by atoms with van der Waals surface area (Å²) < 4.78 is 5.09. The van der Waals surface area contributed by atoms with E-state index >= 15 is 0 Å². The number of nitrogens with zero attached hydrogens (tertiary/aromatic N) is 2. The summed E-state index contributed by atoms with van der Waals surface area (Å²) >= 11 is 0. The second-order valence-corrected chi connectivity index (χ2v) is 4.27. The molecule has 0 fully saturated rings. The molecule has 0 aliphatic carbocycles. The van der Waals surface area contributed by atoms with E-state index in [4.69, 9.17) is 10.2 Å². The summed E-state index contributed by atoms with van der Waals surface area (Å²) in [5, 5.41) is 2.78. The number of nitrogens with two attached hydrogens (primary N) is 1. The van der Waals surface area contributed by atoms with Crippen molar-refractivity contribution in [2.45, 2.75) is 19.4 Å². The quantitative estimate of drug-likeness (QED) is 0.702. The van der Waals surface area contributed by atoms with Crippen LogP contribution in [0.5, 0.6) is 0 Å². The second-order valence-electron chi connectivity index (χ2n) is 4.27. The number of nitrogens with one attached hydrogen (secondary N) is 1. The molecule has 1 atom stereocenters. The highest BCUT2D eigenvalue weighted by Crippen LogP contribution is 2.08. The highest BCUT2D eigenvalue weighted by Gasteiger charge is 2.13. The number of oxazole rings is 1. The maximum Gasteiger partial charge on any atom is 0.273 e. The van der Waals surface area contributed by atoms with E-state index in [2.05, 4.69) is 15.2 Å². The lowest BCUT2D eigenvalue weighted by atomic mass is 10.3. The zero-order chi connectivity index (χ0) is 12.8. The maximum absolute atomic E-state index is 11.6. The number of carbonyl (C=O) groups excluding carboxylic acids is 1. The van der Waals surface area contributed by atoms with Gasteiger partial charge in [0.2, 0.25) is 5.89 Å². The lowest BCUT2D eigenvalue weighted by Crippen LogP contribution is -2.27. The van der Waals surface area contributed by atoms with E-state index in [1.807, 2.05) is 14.1 Å². The number of aromatic nitrogens is 1. The van der Waals surface area contributed by atoms with Gasteiger partial charge < -0.3 is 20.4 Å². The Hall–Kier alpha value is -1.40. The number of rotatable bonds is 6. The molecular weight excluding hydrogens is 220 g/mol. The summed E-state index contributed by atoms with van der Waals surface area (Å²) in [6.07, 6.45) is 2.23. The monoisotopic (exact) mass is 240 g/mol. The van der Waals surface area contributed by atoms with Gasteiger partial charge in [-0.15, -0.1) is 0 Å². The summed E-state index contributed by atoms with van der Waals surface area (Å²) in [4.78, 5) is 17.7. The molecule has 0 saturated heterocycles. The Labute approximate surface area is 101 Å². The SMILES string of the molecule is CC(N)c1nc(C(=O)NCCCN(C)C)co1. The van der Waals surface area contributed by atoms with Crippen LogP contribution in [0.2, 0.25) is 0 Å². The molecule has 96 valence electrons. The van der Waals surface area contributed by atoms with Crippen LogP contribution in [0.4, 0.5) is 0 Å². The topological polar surface area (TPSA) is 84.4 Å². The van der Waals surface area contributed by atoms with Crippen LogP contribution >= 0.6 is 0 Å². The van der Waals surface area contributed by atoms with Crippen LogP contribution < -0.4 is 11.1 Å². The summed E-state index contributed by atoms with van der Waals surface area (Å²) in [5.41, 5.74) is 5.87. The molecule has 6 heteroatoms. The van der Waals surface area contributed by atoms with Crippen LogP contribution in [-0.4, -0.2) is 43.0 Å². The Kier molecular flexibility index (Phi) is 5.11. The molecule has 17 heavy (non-hydrogen) atoms. The standard InChI is InChI=1S/C11H20N4O2/c1-8(12)11-14-9(7-17-11)10(16)13-5-4-6-15(2)3/h7-8H,4-6,12H2,1-3H3,(H,13,16). The van der Waals surface area contributed by atoms with Gasteiger partial charge in [0.05, 0.1) is 6.04 Å². The van der Waals surface area contributed by atoms with Crippen molar-refractivity contribution < 1.29 is 9.21 Å². The highest BCUT2D eigenvalue weighted by atomic mass is 16.3. The first-order chi connectivity index (χ1) is 8.00. The van der Waals surface area contributed by atoms with Gasteiger partial charge >= 0.3 is 0 Å². The lowest BCUT2D eigenvalue weighted by Gasteiger charge is -2.08. The van der Waals surface area contributed by atoms with Gasteiger partial charge in [0, 0.05) is 6.54 Å². The van der Waals surface area contributed by atoms with E-state index in [1.165, 1.54) is 6.26 Å². The maximum atomic E-state index is 11.6. The van der Waals surface area contributed by atoms with Crippen molar-refractivity contribution in [1.82, 2.24) is 15.2 Å².